The number of alkyl halides is 2. The standard InChI is InChI=1S/C7H4F2IN3/c8-7(9)6-3(10)1-4(12)5(2-11)13-6/h1,7H,12H2. The molecule has 0 aliphatic heterocycles. The second-order valence-corrected chi connectivity index (χ2v) is 3.37. The highest BCUT2D eigenvalue weighted by Gasteiger charge is 2.15. The molecule has 1 rings (SSSR count). The number of pyridine rings is 1. The summed E-state index contributed by atoms with van der Waals surface area (Å²) in [6, 6.07) is 2.96. The van der Waals surface area contributed by atoms with E-state index in [9.17, 15) is 8.78 Å². The predicted octanol–water partition coefficient (Wildman–Crippen LogP) is 2.08. The second-order valence-electron chi connectivity index (χ2n) is 2.21. The van der Waals surface area contributed by atoms with E-state index in [-0.39, 0.29) is 15.0 Å². The quantitative estimate of drug-likeness (QED) is 0.807. The zero-order valence-corrected chi connectivity index (χ0v) is 8.42. The van der Waals surface area contributed by atoms with E-state index in [1.807, 2.05) is 0 Å². The zero-order valence-electron chi connectivity index (χ0n) is 6.26. The molecular formula is C7H4F2IN3. The Hall–Kier alpha value is -0.970. The van der Waals surface area contributed by atoms with Gasteiger partial charge in [-0.3, -0.25) is 0 Å². The van der Waals surface area contributed by atoms with Crippen LogP contribution in [0.25, 0.3) is 0 Å². The number of nitrogens with zero attached hydrogens (tertiary/aromatic N) is 2. The van der Waals surface area contributed by atoms with Gasteiger partial charge in [-0.05, 0) is 28.7 Å². The molecule has 0 unspecified atom stereocenters. The summed E-state index contributed by atoms with van der Waals surface area (Å²) in [6.45, 7) is 0. The van der Waals surface area contributed by atoms with Gasteiger partial charge in [-0.2, -0.15) is 5.26 Å². The van der Waals surface area contributed by atoms with Crippen molar-refractivity contribution in [2.24, 2.45) is 0 Å². The normalized spacial score (nSPS) is 10.1. The van der Waals surface area contributed by atoms with Crippen molar-refractivity contribution in [3.8, 4) is 6.07 Å². The van der Waals surface area contributed by atoms with Gasteiger partial charge >= 0.3 is 0 Å². The summed E-state index contributed by atoms with van der Waals surface area (Å²) >= 11 is 1.70. The number of anilines is 1. The van der Waals surface area contributed by atoms with Gasteiger partial charge in [0.25, 0.3) is 6.43 Å². The van der Waals surface area contributed by atoms with E-state index in [1.165, 1.54) is 6.07 Å². The third kappa shape index (κ3) is 2.03. The van der Waals surface area contributed by atoms with Crippen molar-refractivity contribution >= 4 is 28.3 Å². The smallest absolute Gasteiger partial charge is 0.281 e. The van der Waals surface area contributed by atoms with Crippen LogP contribution in [0, 0.1) is 14.9 Å². The maximum absolute atomic E-state index is 12.3. The minimum atomic E-state index is -2.68. The van der Waals surface area contributed by atoms with Crippen LogP contribution in [-0.2, 0) is 0 Å². The fourth-order valence-corrected chi connectivity index (χ4v) is 1.45. The van der Waals surface area contributed by atoms with Crippen LogP contribution < -0.4 is 5.73 Å². The van der Waals surface area contributed by atoms with Crippen molar-refractivity contribution in [3.05, 3.63) is 21.0 Å². The average molecular weight is 295 g/mol. The number of hydrogen-bond donors (Lipinski definition) is 1. The van der Waals surface area contributed by atoms with Crippen molar-refractivity contribution in [3.63, 3.8) is 0 Å². The lowest BCUT2D eigenvalue weighted by Crippen LogP contribution is -2.01. The Morgan fingerprint density at radius 3 is 2.69 bits per heavy atom. The van der Waals surface area contributed by atoms with Gasteiger partial charge in [-0.15, -0.1) is 0 Å². The Balaban J connectivity index is 3.33. The van der Waals surface area contributed by atoms with Crippen LogP contribution in [0.4, 0.5) is 14.5 Å². The number of nitriles is 1. The minimum absolute atomic E-state index is 0.122. The van der Waals surface area contributed by atoms with E-state index in [0.29, 0.717) is 0 Å². The molecule has 0 aliphatic rings. The SMILES string of the molecule is N#Cc1nc(C(F)F)c(I)cc1N. The molecule has 6 heteroatoms. The van der Waals surface area contributed by atoms with Crippen LogP contribution in [0.5, 0.6) is 0 Å². The molecule has 68 valence electrons. The van der Waals surface area contributed by atoms with E-state index in [2.05, 4.69) is 4.98 Å². The minimum Gasteiger partial charge on any atom is -0.396 e. The maximum Gasteiger partial charge on any atom is 0.281 e. The largest absolute Gasteiger partial charge is 0.396 e. The topological polar surface area (TPSA) is 62.7 Å². The summed E-state index contributed by atoms with van der Waals surface area (Å²) in [7, 11) is 0. The maximum atomic E-state index is 12.3. The number of nitrogens with two attached hydrogens (primary N) is 1. The lowest BCUT2D eigenvalue weighted by Gasteiger charge is -2.04. The van der Waals surface area contributed by atoms with Crippen LogP contribution in [0.2, 0.25) is 0 Å². The summed E-state index contributed by atoms with van der Waals surface area (Å²) in [5.74, 6) is 0. The highest BCUT2D eigenvalue weighted by atomic mass is 127. The monoisotopic (exact) mass is 295 g/mol. The summed E-state index contributed by atoms with van der Waals surface area (Å²) in [4.78, 5) is 3.45. The molecular weight excluding hydrogens is 291 g/mol. The van der Waals surface area contributed by atoms with E-state index >= 15 is 0 Å². The van der Waals surface area contributed by atoms with Gasteiger partial charge in [0.15, 0.2) is 5.69 Å². The summed E-state index contributed by atoms with van der Waals surface area (Å²) in [6.07, 6.45) is -2.68. The van der Waals surface area contributed by atoms with Crippen molar-refractivity contribution in [2.75, 3.05) is 5.73 Å². The molecule has 1 aromatic heterocycles. The van der Waals surface area contributed by atoms with Crippen LogP contribution in [-0.4, -0.2) is 4.98 Å². The van der Waals surface area contributed by atoms with Crippen LogP contribution in [0.1, 0.15) is 17.8 Å². The summed E-state index contributed by atoms with van der Waals surface area (Å²) < 4.78 is 24.8. The van der Waals surface area contributed by atoms with Gasteiger partial charge in [0, 0.05) is 3.57 Å². The molecule has 0 bridgehead atoms. The van der Waals surface area contributed by atoms with Crippen molar-refractivity contribution in [2.45, 2.75) is 6.43 Å². The predicted molar refractivity (Wildman–Crippen MR) is 51.0 cm³/mol. The Bertz CT molecular complexity index is 373. The Morgan fingerprint density at radius 1 is 1.62 bits per heavy atom. The van der Waals surface area contributed by atoms with Gasteiger partial charge in [0.2, 0.25) is 0 Å². The molecule has 0 aliphatic carbocycles. The van der Waals surface area contributed by atoms with Crippen molar-refractivity contribution in [1.82, 2.24) is 4.98 Å². The third-order valence-corrected chi connectivity index (χ3v) is 2.21. The molecule has 0 radical (unpaired) electrons. The number of halogens is 3. The fourth-order valence-electron chi connectivity index (χ4n) is 0.760. The number of rotatable bonds is 1. The number of nitrogen functional groups attached to an aromatic ring is 1. The third-order valence-electron chi connectivity index (χ3n) is 1.35. The first-order valence-corrected chi connectivity index (χ1v) is 4.28. The first-order valence-electron chi connectivity index (χ1n) is 3.20. The molecule has 0 spiro atoms. The van der Waals surface area contributed by atoms with Crippen LogP contribution >= 0.6 is 22.6 Å². The highest BCUT2D eigenvalue weighted by Crippen LogP contribution is 2.25. The molecule has 0 saturated heterocycles. The molecule has 0 amide bonds. The Labute approximate surface area is 86.7 Å². The molecule has 0 aromatic carbocycles. The van der Waals surface area contributed by atoms with Crippen LogP contribution in [0.3, 0.4) is 0 Å². The average Bonchev–Trinajstić information content (AvgIpc) is 2.03. The molecule has 0 fully saturated rings. The van der Waals surface area contributed by atoms with E-state index in [4.69, 9.17) is 11.0 Å². The Morgan fingerprint density at radius 2 is 2.23 bits per heavy atom. The molecule has 1 heterocycles. The summed E-state index contributed by atoms with van der Waals surface area (Å²) in [5.41, 5.74) is 4.93. The first-order chi connectivity index (χ1) is 6.06. The lowest BCUT2D eigenvalue weighted by molar-refractivity contribution is 0.145. The highest BCUT2D eigenvalue weighted by molar-refractivity contribution is 14.1. The van der Waals surface area contributed by atoms with E-state index in [0.717, 1.165) is 0 Å². The van der Waals surface area contributed by atoms with Crippen molar-refractivity contribution in [1.29, 1.82) is 5.26 Å². The number of aromatic nitrogens is 1. The lowest BCUT2D eigenvalue weighted by atomic mass is 10.3. The van der Waals surface area contributed by atoms with Crippen molar-refractivity contribution < 1.29 is 8.78 Å². The van der Waals surface area contributed by atoms with Gasteiger partial charge < -0.3 is 5.73 Å². The molecule has 3 nitrogen and oxygen atoms in total. The zero-order chi connectivity index (χ0) is 10.0. The Kier molecular flexibility index (Phi) is 2.98. The van der Waals surface area contributed by atoms with Gasteiger partial charge in [0.05, 0.1) is 5.69 Å². The van der Waals surface area contributed by atoms with Crippen LogP contribution in [0.15, 0.2) is 6.07 Å². The molecule has 1 aromatic rings. The van der Waals surface area contributed by atoms with Gasteiger partial charge in [-0.25, -0.2) is 13.8 Å². The van der Waals surface area contributed by atoms with E-state index < -0.39 is 12.1 Å². The van der Waals surface area contributed by atoms with Gasteiger partial charge in [0.1, 0.15) is 11.8 Å². The molecule has 13 heavy (non-hydrogen) atoms. The molecule has 2 N–H and O–H groups in total. The second kappa shape index (κ2) is 3.83. The summed E-state index contributed by atoms with van der Waals surface area (Å²) in [5, 5.41) is 8.48. The fraction of sp³-hybridized carbons (Fsp3) is 0.143. The van der Waals surface area contributed by atoms with E-state index in [1.54, 1.807) is 28.7 Å². The number of hydrogen-bond acceptors (Lipinski definition) is 3. The molecule has 0 saturated carbocycles. The molecule has 0 atom stereocenters. The first kappa shape index (κ1) is 10.1. The van der Waals surface area contributed by atoms with Gasteiger partial charge in [-0.1, -0.05) is 0 Å².